The second kappa shape index (κ2) is 10.8. The molecule has 1 aliphatic rings. The molecule has 0 bridgehead atoms. The van der Waals surface area contributed by atoms with Crippen molar-refractivity contribution in [3.05, 3.63) is 36.5 Å². The van der Waals surface area contributed by atoms with Crippen molar-refractivity contribution in [2.24, 2.45) is 5.41 Å². The highest BCUT2D eigenvalue weighted by atomic mass is 16.5. The highest BCUT2D eigenvalue weighted by molar-refractivity contribution is 5.29. The van der Waals surface area contributed by atoms with Crippen LogP contribution >= 0.6 is 0 Å². The SMILES string of the molecule is C=CC1=CCC(C)(C)C1OCCCCCCOCCCC(=C)C. The molecule has 2 nitrogen and oxygen atoms in total. The Morgan fingerprint density at radius 2 is 1.83 bits per heavy atom. The molecular weight excluding hydrogens is 284 g/mol. The first-order chi connectivity index (χ1) is 11.0. The molecule has 0 saturated heterocycles. The van der Waals surface area contributed by atoms with Gasteiger partial charge in [-0.15, -0.1) is 6.58 Å². The van der Waals surface area contributed by atoms with E-state index in [0.29, 0.717) is 0 Å². The molecule has 1 unspecified atom stereocenters. The Hall–Kier alpha value is -0.860. The summed E-state index contributed by atoms with van der Waals surface area (Å²) in [5, 5.41) is 0. The summed E-state index contributed by atoms with van der Waals surface area (Å²) in [5.74, 6) is 0. The molecule has 132 valence electrons. The van der Waals surface area contributed by atoms with Crippen LogP contribution in [0.1, 0.15) is 65.7 Å². The first-order valence-corrected chi connectivity index (χ1v) is 9.13. The normalized spacial score (nSPS) is 19.6. The first-order valence-electron chi connectivity index (χ1n) is 9.13. The van der Waals surface area contributed by atoms with Gasteiger partial charge in [0, 0.05) is 19.8 Å². The standard InChI is InChI=1S/C21H36O2/c1-6-19-13-14-21(4,5)20(19)23-17-10-8-7-9-15-22-16-11-12-18(2)3/h6,13,20H,1-2,7-12,14-17H2,3-5H3. The maximum atomic E-state index is 6.12. The summed E-state index contributed by atoms with van der Waals surface area (Å²) in [5.41, 5.74) is 2.72. The molecule has 0 amide bonds. The van der Waals surface area contributed by atoms with Gasteiger partial charge in [-0.25, -0.2) is 0 Å². The monoisotopic (exact) mass is 320 g/mol. The first kappa shape index (κ1) is 20.2. The zero-order chi connectivity index (χ0) is 17.1. The summed E-state index contributed by atoms with van der Waals surface area (Å²) >= 11 is 0. The molecule has 1 atom stereocenters. The fourth-order valence-electron chi connectivity index (χ4n) is 3.00. The van der Waals surface area contributed by atoms with Gasteiger partial charge in [0.25, 0.3) is 0 Å². The third-order valence-corrected chi connectivity index (χ3v) is 4.47. The molecule has 0 aromatic rings. The summed E-state index contributed by atoms with van der Waals surface area (Å²) in [6.45, 7) is 17.0. The van der Waals surface area contributed by atoms with E-state index in [-0.39, 0.29) is 11.5 Å². The van der Waals surface area contributed by atoms with Crippen LogP contribution in [-0.2, 0) is 9.47 Å². The van der Waals surface area contributed by atoms with Crippen LogP contribution in [0.15, 0.2) is 36.5 Å². The highest BCUT2D eigenvalue weighted by Crippen LogP contribution is 2.39. The molecule has 0 aromatic heterocycles. The molecule has 1 aliphatic carbocycles. The van der Waals surface area contributed by atoms with Gasteiger partial charge in [-0.05, 0) is 50.0 Å². The Morgan fingerprint density at radius 1 is 1.17 bits per heavy atom. The minimum Gasteiger partial charge on any atom is -0.381 e. The number of allylic oxidation sites excluding steroid dienone is 2. The minimum atomic E-state index is 0.209. The van der Waals surface area contributed by atoms with E-state index in [1.807, 2.05) is 6.08 Å². The van der Waals surface area contributed by atoms with Crippen LogP contribution in [-0.4, -0.2) is 25.9 Å². The average Bonchev–Trinajstić information content (AvgIpc) is 2.79. The Balaban J connectivity index is 1.96. The number of hydrogen-bond donors (Lipinski definition) is 0. The van der Waals surface area contributed by atoms with E-state index in [1.54, 1.807) is 0 Å². The van der Waals surface area contributed by atoms with Gasteiger partial charge in [-0.2, -0.15) is 0 Å². The van der Waals surface area contributed by atoms with E-state index >= 15 is 0 Å². The number of unbranched alkanes of at least 4 members (excludes halogenated alkanes) is 3. The molecule has 0 fully saturated rings. The van der Waals surface area contributed by atoms with E-state index in [9.17, 15) is 0 Å². The van der Waals surface area contributed by atoms with Gasteiger partial charge in [0.05, 0.1) is 6.10 Å². The molecule has 2 heteroatoms. The zero-order valence-electron chi connectivity index (χ0n) is 15.5. The van der Waals surface area contributed by atoms with E-state index in [0.717, 1.165) is 51.9 Å². The molecule has 0 N–H and O–H groups in total. The van der Waals surface area contributed by atoms with Crippen molar-refractivity contribution in [2.45, 2.75) is 71.8 Å². The lowest BCUT2D eigenvalue weighted by Gasteiger charge is -2.29. The van der Waals surface area contributed by atoms with Gasteiger partial charge in [-0.1, -0.05) is 51.0 Å². The van der Waals surface area contributed by atoms with E-state index in [1.165, 1.54) is 24.0 Å². The zero-order valence-corrected chi connectivity index (χ0v) is 15.5. The van der Waals surface area contributed by atoms with Gasteiger partial charge < -0.3 is 9.47 Å². The van der Waals surface area contributed by atoms with E-state index < -0.39 is 0 Å². The lowest BCUT2D eigenvalue weighted by Crippen LogP contribution is -2.29. The van der Waals surface area contributed by atoms with E-state index in [2.05, 4.69) is 40.0 Å². The predicted octanol–water partition coefficient (Wildman–Crippen LogP) is 5.85. The van der Waals surface area contributed by atoms with Crippen LogP contribution in [0.5, 0.6) is 0 Å². The van der Waals surface area contributed by atoms with Crippen LogP contribution in [0, 0.1) is 5.41 Å². The Morgan fingerprint density at radius 3 is 2.48 bits per heavy atom. The third kappa shape index (κ3) is 7.99. The van der Waals surface area contributed by atoms with Crippen molar-refractivity contribution in [3.63, 3.8) is 0 Å². The van der Waals surface area contributed by atoms with Crippen molar-refractivity contribution in [1.29, 1.82) is 0 Å². The lowest BCUT2D eigenvalue weighted by atomic mass is 9.86. The molecule has 1 rings (SSSR count). The van der Waals surface area contributed by atoms with Crippen molar-refractivity contribution >= 4 is 0 Å². The molecule has 0 heterocycles. The van der Waals surface area contributed by atoms with Crippen LogP contribution in [0.2, 0.25) is 0 Å². The second-order valence-corrected chi connectivity index (χ2v) is 7.44. The minimum absolute atomic E-state index is 0.209. The second-order valence-electron chi connectivity index (χ2n) is 7.44. The molecule has 0 aromatic carbocycles. The van der Waals surface area contributed by atoms with E-state index in [4.69, 9.17) is 9.47 Å². The molecule has 23 heavy (non-hydrogen) atoms. The fourth-order valence-corrected chi connectivity index (χ4v) is 3.00. The Kier molecular flexibility index (Phi) is 9.50. The summed E-state index contributed by atoms with van der Waals surface area (Å²) in [7, 11) is 0. The number of ether oxygens (including phenoxy) is 2. The Bertz CT molecular complexity index is 393. The number of rotatable bonds is 13. The predicted molar refractivity (Wildman–Crippen MR) is 99.8 cm³/mol. The molecular formula is C21H36O2. The van der Waals surface area contributed by atoms with Crippen molar-refractivity contribution < 1.29 is 9.47 Å². The van der Waals surface area contributed by atoms with Crippen molar-refractivity contribution in [1.82, 2.24) is 0 Å². The van der Waals surface area contributed by atoms with Gasteiger partial charge in [0.1, 0.15) is 0 Å². The summed E-state index contributed by atoms with van der Waals surface area (Å²) in [6.07, 6.45) is 12.4. The molecule has 0 aliphatic heterocycles. The van der Waals surface area contributed by atoms with Crippen LogP contribution in [0.4, 0.5) is 0 Å². The maximum absolute atomic E-state index is 6.12. The van der Waals surface area contributed by atoms with Gasteiger partial charge in [0.2, 0.25) is 0 Å². The molecule has 0 radical (unpaired) electrons. The van der Waals surface area contributed by atoms with Crippen molar-refractivity contribution in [2.75, 3.05) is 19.8 Å². The fraction of sp³-hybridized carbons (Fsp3) is 0.714. The topological polar surface area (TPSA) is 18.5 Å². The van der Waals surface area contributed by atoms with Crippen molar-refractivity contribution in [3.8, 4) is 0 Å². The molecule has 0 spiro atoms. The van der Waals surface area contributed by atoms with Crippen LogP contribution in [0.3, 0.4) is 0 Å². The van der Waals surface area contributed by atoms with Crippen LogP contribution in [0.25, 0.3) is 0 Å². The summed E-state index contributed by atoms with van der Waals surface area (Å²) in [6, 6.07) is 0. The molecule has 0 saturated carbocycles. The quantitative estimate of drug-likeness (QED) is 0.313. The van der Waals surface area contributed by atoms with Crippen LogP contribution < -0.4 is 0 Å². The maximum Gasteiger partial charge on any atom is 0.0875 e. The summed E-state index contributed by atoms with van der Waals surface area (Å²) in [4.78, 5) is 0. The largest absolute Gasteiger partial charge is 0.381 e. The average molecular weight is 321 g/mol. The smallest absolute Gasteiger partial charge is 0.0875 e. The number of hydrogen-bond acceptors (Lipinski definition) is 2. The lowest BCUT2D eigenvalue weighted by molar-refractivity contribution is 0.00967. The van der Waals surface area contributed by atoms with Gasteiger partial charge >= 0.3 is 0 Å². The van der Waals surface area contributed by atoms with Gasteiger partial charge in [-0.3, -0.25) is 0 Å². The van der Waals surface area contributed by atoms with Gasteiger partial charge in [0.15, 0.2) is 0 Å². The summed E-state index contributed by atoms with van der Waals surface area (Å²) < 4.78 is 11.8. The Labute approximate surface area is 143 Å². The highest BCUT2D eigenvalue weighted by Gasteiger charge is 2.35. The third-order valence-electron chi connectivity index (χ3n) is 4.47.